The highest BCUT2D eigenvalue weighted by molar-refractivity contribution is 5.82. The minimum absolute atomic E-state index is 0.0146. The Balaban J connectivity index is 2.00. The Morgan fingerprint density at radius 1 is 1.00 bits per heavy atom. The summed E-state index contributed by atoms with van der Waals surface area (Å²) in [6.07, 6.45) is 4.14. The maximum atomic E-state index is 12.8. The van der Waals surface area contributed by atoms with Gasteiger partial charge in [-0.1, -0.05) is 27.7 Å². The third kappa shape index (κ3) is 3.58. The van der Waals surface area contributed by atoms with Gasteiger partial charge in [0.05, 0.1) is 5.92 Å². The van der Waals surface area contributed by atoms with E-state index in [4.69, 9.17) is 0 Å². The van der Waals surface area contributed by atoms with Crippen LogP contribution in [0.15, 0.2) is 0 Å². The summed E-state index contributed by atoms with van der Waals surface area (Å²) in [7, 11) is 0. The van der Waals surface area contributed by atoms with Crippen LogP contribution in [-0.4, -0.2) is 47.3 Å². The van der Waals surface area contributed by atoms with Crippen LogP contribution >= 0.6 is 0 Å². The molecule has 4 nitrogen and oxygen atoms in total. The monoisotopic (exact) mass is 294 g/mol. The van der Waals surface area contributed by atoms with E-state index in [9.17, 15) is 9.59 Å². The van der Waals surface area contributed by atoms with E-state index < -0.39 is 0 Å². The summed E-state index contributed by atoms with van der Waals surface area (Å²) >= 11 is 0. The standard InChI is InChI=1S/C17H30N2O2/c1-12(2)15-8-6-10-19(15)17(21)14-7-5-9-18(11-14)16(20)13(3)4/h12-15H,5-11H2,1-4H3/t14-,15+/m0/s1. The van der Waals surface area contributed by atoms with Gasteiger partial charge in [0.1, 0.15) is 0 Å². The summed E-state index contributed by atoms with van der Waals surface area (Å²) in [5.41, 5.74) is 0. The first-order valence-electron chi connectivity index (χ1n) is 8.51. The van der Waals surface area contributed by atoms with E-state index in [-0.39, 0.29) is 23.7 Å². The molecule has 2 fully saturated rings. The smallest absolute Gasteiger partial charge is 0.227 e. The fraction of sp³-hybridized carbons (Fsp3) is 0.882. The van der Waals surface area contributed by atoms with Crippen LogP contribution in [0.2, 0.25) is 0 Å². The van der Waals surface area contributed by atoms with Crippen molar-refractivity contribution < 1.29 is 9.59 Å². The molecule has 0 aromatic rings. The topological polar surface area (TPSA) is 40.6 Å². The molecule has 2 atom stereocenters. The molecule has 2 rings (SSSR count). The number of carbonyl (C=O) groups excluding carboxylic acids is 2. The van der Waals surface area contributed by atoms with Gasteiger partial charge in [-0.15, -0.1) is 0 Å². The highest BCUT2D eigenvalue weighted by atomic mass is 16.2. The molecule has 2 amide bonds. The SMILES string of the molecule is CC(C)C(=O)N1CCC[C@H](C(=O)N2CCC[C@@H]2C(C)C)C1. The van der Waals surface area contributed by atoms with E-state index in [2.05, 4.69) is 18.7 Å². The highest BCUT2D eigenvalue weighted by Gasteiger charge is 2.37. The third-order valence-corrected chi connectivity index (χ3v) is 4.93. The van der Waals surface area contributed by atoms with Crippen molar-refractivity contribution in [3.8, 4) is 0 Å². The van der Waals surface area contributed by atoms with Crippen molar-refractivity contribution in [2.75, 3.05) is 19.6 Å². The van der Waals surface area contributed by atoms with Crippen molar-refractivity contribution in [3.05, 3.63) is 0 Å². The molecule has 0 spiro atoms. The van der Waals surface area contributed by atoms with Crippen LogP contribution in [0.3, 0.4) is 0 Å². The number of hydrogen-bond acceptors (Lipinski definition) is 2. The lowest BCUT2D eigenvalue weighted by Crippen LogP contribution is -2.49. The average Bonchev–Trinajstić information content (AvgIpc) is 2.95. The fourth-order valence-electron chi connectivity index (χ4n) is 3.74. The maximum Gasteiger partial charge on any atom is 0.227 e. The number of carbonyl (C=O) groups is 2. The van der Waals surface area contributed by atoms with Gasteiger partial charge < -0.3 is 9.80 Å². The van der Waals surface area contributed by atoms with Gasteiger partial charge in [-0.2, -0.15) is 0 Å². The number of nitrogens with zero attached hydrogens (tertiary/aromatic N) is 2. The molecule has 0 bridgehead atoms. The molecule has 0 saturated carbocycles. The molecule has 0 aromatic heterocycles. The van der Waals surface area contributed by atoms with Crippen molar-refractivity contribution in [1.82, 2.24) is 9.80 Å². The third-order valence-electron chi connectivity index (χ3n) is 4.93. The predicted molar refractivity (Wildman–Crippen MR) is 83.7 cm³/mol. The largest absolute Gasteiger partial charge is 0.342 e. The Labute approximate surface area is 128 Å². The van der Waals surface area contributed by atoms with Crippen LogP contribution in [0, 0.1) is 17.8 Å². The molecule has 0 unspecified atom stereocenters. The first-order valence-corrected chi connectivity index (χ1v) is 8.51. The number of likely N-dealkylation sites (tertiary alicyclic amines) is 2. The van der Waals surface area contributed by atoms with E-state index in [0.29, 0.717) is 18.5 Å². The number of amides is 2. The van der Waals surface area contributed by atoms with Crippen LogP contribution in [0.25, 0.3) is 0 Å². The molecular weight excluding hydrogens is 264 g/mol. The summed E-state index contributed by atoms with van der Waals surface area (Å²) in [4.78, 5) is 29.0. The Morgan fingerprint density at radius 2 is 1.67 bits per heavy atom. The second-order valence-corrected chi connectivity index (χ2v) is 7.26. The molecule has 21 heavy (non-hydrogen) atoms. The van der Waals surface area contributed by atoms with Gasteiger partial charge in [0.15, 0.2) is 0 Å². The Kier molecular flexibility index (Phi) is 5.28. The molecule has 0 N–H and O–H groups in total. The van der Waals surface area contributed by atoms with Crippen LogP contribution in [0.5, 0.6) is 0 Å². The molecule has 4 heteroatoms. The molecule has 2 saturated heterocycles. The Morgan fingerprint density at radius 3 is 2.29 bits per heavy atom. The molecule has 2 heterocycles. The van der Waals surface area contributed by atoms with Crippen molar-refractivity contribution in [2.24, 2.45) is 17.8 Å². The van der Waals surface area contributed by atoms with E-state index in [1.54, 1.807) is 0 Å². The Bertz CT molecular complexity index is 392. The maximum absolute atomic E-state index is 12.8. The zero-order chi connectivity index (χ0) is 15.6. The zero-order valence-corrected chi connectivity index (χ0v) is 14.0. The zero-order valence-electron chi connectivity index (χ0n) is 14.0. The molecule has 0 aromatic carbocycles. The van der Waals surface area contributed by atoms with Gasteiger partial charge in [-0.3, -0.25) is 9.59 Å². The summed E-state index contributed by atoms with van der Waals surface area (Å²) in [6.45, 7) is 10.6. The number of piperidine rings is 1. The van der Waals surface area contributed by atoms with Gasteiger partial charge in [0.25, 0.3) is 0 Å². The molecule has 2 aliphatic heterocycles. The summed E-state index contributed by atoms with van der Waals surface area (Å²) < 4.78 is 0. The first kappa shape index (κ1) is 16.3. The summed E-state index contributed by atoms with van der Waals surface area (Å²) in [6, 6.07) is 0.397. The molecule has 120 valence electrons. The molecular formula is C17H30N2O2. The van der Waals surface area contributed by atoms with Crippen LogP contribution in [-0.2, 0) is 9.59 Å². The lowest BCUT2D eigenvalue weighted by molar-refractivity contribution is -0.143. The van der Waals surface area contributed by atoms with E-state index in [1.807, 2.05) is 18.7 Å². The van der Waals surface area contributed by atoms with Gasteiger partial charge in [0, 0.05) is 31.6 Å². The van der Waals surface area contributed by atoms with Gasteiger partial charge in [-0.25, -0.2) is 0 Å². The van der Waals surface area contributed by atoms with Crippen LogP contribution in [0.1, 0.15) is 53.4 Å². The summed E-state index contributed by atoms with van der Waals surface area (Å²) in [5, 5.41) is 0. The van der Waals surface area contributed by atoms with Crippen molar-refractivity contribution in [2.45, 2.75) is 59.4 Å². The van der Waals surface area contributed by atoms with E-state index in [0.717, 1.165) is 38.8 Å². The minimum atomic E-state index is 0.0146. The number of rotatable bonds is 3. The Hall–Kier alpha value is -1.06. The van der Waals surface area contributed by atoms with E-state index >= 15 is 0 Å². The van der Waals surface area contributed by atoms with Gasteiger partial charge in [-0.05, 0) is 31.6 Å². The van der Waals surface area contributed by atoms with Crippen LogP contribution in [0.4, 0.5) is 0 Å². The fourth-order valence-corrected chi connectivity index (χ4v) is 3.74. The second-order valence-electron chi connectivity index (χ2n) is 7.26. The van der Waals surface area contributed by atoms with Crippen molar-refractivity contribution in [3.63, 3.8) is 0 Å². The summed E-state index contributed by atoms with van der Waals surface area (Å²) in [5.74, 6) is 1.03. The quantitative estimate of drug-likeness (QED) is 0.802. The second kappa shape index (κ2) is 6.80. The van der Waals surface area contributed by atoms with Gasteiger partial charge >= 0.3 is 0 Å². The van der Waals surface area contributed by atoms with Crippen LogP contribution < -0.4 is 0 Å². The molecule has 0 radical (unpaired) electrons. The minimum Gasteiger partial charge on any atom is -0.342 e. The van der Waals surface area contributed by atoms with Crippen molar-refractivity contribution in [1.29, 1.82) is 0 Å². The average molecular weight is 294 g/mol. The first-order chi connectivity index (χ1) is 9.91. The molecule has 2 aliphatic rings. The normalized spacial score (nSPS) is 26.8. The lowest BCUT2D eigenvalue weighted by atomic mass is 9.94. The lowest BCUT2D eigenvalue weighted by Gasteiger charge is -2.37. The highest BCUT2D eigenvalue weighted by Crippen LogP contribution is 2.28. The predicted octanol–water partition coefficient (Wildman–Crippen LogP) is 2.53. The number of hydrogen-bond donors (Lipinski definition) is 0. The molecule has 0 aliphatic carbocycles. The van der Waals surface area contributed by atoms with Gasteiger partial charge in [0.2, 0.25) is 11.8 Å². The van der Waals surface area contributed by atoms with Crippen molar-refractivity contribution >= 4 is 11.8 Å². The van der Waals surface area contributed by atoms with E-state index in [1.165, 1.54) is 0 Å².